The molecule has 0 spiro atoms. The van der Waals surface area contributed by atoms with Gasteiger partial charge in [-0.1, -0.05) is 51.1 Å². The highest BCUT2D eigenvalue weighted by Crippen LogP contribution is 2.41. The zero-order valence-corrected chi connectivity index (χ0v) is 29.1. The molecular weight excluding hydrogens is 709 g/mol. The molecule has 2 aromatic carbocycles. The van der Waals surface area contributed by atoms with Crippen LogP contribution in [0.4, 0.5) is 22.0 Å². The number of hydrogen-bond acceptors (Lipinski definition) is 7. The first kappa shape index (κ1) is 42.0. The van der Waals surface area contributed by atoms with Gasteiger partial charge in [-0.05, 0) is 41.7 Å². The minimum Gasteiger partial charge on any atom is -0.475 e. The number of aliphatic carboxylic acids is 1. The molecule has 2 unspecified atom stereocenters. The van der Waals surface area contributed by atoms with Crippen molar-refractivity contribution >= 4 is 29.6 Å². The molecule has 12 nitrogen and oxygen atoms in total. The number of carbonyl (C=O) groups excluding carboxylic acids is 4. The number of nitrogens with two attached hydrogens (primary N) is 1. The number of carboxylic acid groups (broad SMARTS) is 1. The average Bonchev–Trinajstić information content (AvgIpc) is 3.64. The Morgan fingerprint density at radius 2 is 1.57 bits per heavy atom. The van der Waals surface area contributed by atoms with Gasteiger partial charge in [-0.25, -0.2) is 13.6 Å². The normalized spacial score (nSPS) is 14.0. The number of amides is 4. The molecule has 1 aromatic heterocycles. The molecule has 1 aliphatic heterocycles. The van der Waals surface area contributed by atoms with E-state index in [1.54, 1.807) is 12.3 Å². The summed E-state index contributed by atoms with van der Waals surface area (Å²) in [6, 6.07) is 12.7. The van der Waals surface area contributed by atoms with Crippen molar-refractivity contribution in [1.82, 2.24) is 19.7 Å². The summed E-state index contributed by atoms with van der Waals surface area (Å²) in [6.07, 6.45) is -1.03. The van der Waals surface area contributed by atoms with Gasteiger partial charge in [0.25, 0.3) is 11.8 Å². The monoisotopic (exact) mass is 749 g/mol. The molecular formula is C36H40F5N5O7. The molecule has 4 rings (SSSR count). The van der Waals surface area contributed by atoms with E-state index in [0.717, 1.165) is 40.8 Å². The van der Waals surface area contributed by atoms with E-state index in [4.69, 9.17) is 15.6 Å². The van der Waals surface area contributed by atoms with Crippen LogP contribution < -0.4 is 11.1 Å². The SMILES string of the molecule is CC(C)(C)C(c1cc(-c2cc(F)ccc2F)cn1Cc1ccccc1)N(CCC(N)C(=O)NCCN1C(=O)C=CC1=O)C(=O)CO.O=C(O)C(F)(F)F. The van der Waals surface area contributed by atoms with Gasteiger partial charge >= 0.3 is 12.1 Å². The Hall–Kier alpha value is -5.42. The Bertz CT molecular complexity index is 1800. The third-order valence-electron chi connectivity index (χ3n) is 8.03. The van der Waals surface area contributed by atoms with Crippen LogP contribution in [0.2, 0.25) is 0 Å². The Kier molecular flexibility index (Phi) is 14.2. The van der Waals surface area contributed by atoms with Crippen LogP contribution in [-0.2, 0) is 30.5 Å². The van der Waals surface area contributed by atoms with Crippen molar-refractivity contribution in [2.45, 2.75) is 52.0 Å². The Labute approximate surface area is 301 Å². The van der Waals surface area contributed by atoms with Crippen LogP contribution in [0.15, 0.2) is 72.9 Å². The number of nitrogens with zero attached hydrogens (tertiary/aromatic N) is 3. The van der Waals surface area contributed by atoms with E-state index in [9.17, 15) is 46.2 Å². The fraction of sp³-hybridized carbons (Fsp3) is 0.361. The summed E-state index contributed by atoms with van der Waals surface area (Å²) in [5.41, 5.74) is 7.58. The van der Waals surface area contributed by atoms with Crippen molar-refractivity contribution < 1.29 is 56.1 Å². The molecule has 286 valence electrons. The van der Waals surface area contributed by atoms with Crippen LogP contribution in [-0.4, -0.2) is 92.6 Å². The van der Waals surface area contributed by atoms with Crippen molar-refractivity contribution in [2.75, 3.05) is 26.2 Å². The van der Waals surface area contributed by atoms with E-state index in [2.05, 4.69) is 5.32 Å². The highest BCUT2D eigenvalue weighted by atomic mass is 19.4. The zero-order chi connectivity index (χ0) is 39.7. The summed E-state index contributed by atoms with van der Waals surface area (Å²) in [5.74, 6) is -6.02. The summed E-state index contributed by atoms with van der Waals surface area (Å²) < 4.78 is 62.8. The van der Waals surface area contributed by atoms with Crippen LogP contribution in [0, 0.1) is 17.0 Å². The third-order valence-corrected chi connectivity index (χ3v) is 8.03. The van der Waals surface area contributed by atoms with Gasteiger partial charge in [0.15, 0.2) is 0 Å². The van der Waals surface area contributed by atoms with Gasteiger partial charge in [0.1, 0.15) is 18.2 Å². The predicted molar refractivity (Wildman–Crippen MR) is 181 cm³/mol. The Morgan fingerprint density at radius 3 is 2.11 bits per heavy atom. The molecule has 2 atom stereocenters. The fourth-order valence-electron chi connectivity index (χ4n) is 5.58. The van der Waals surface area contributed by atoms with E-state index in [1.807, 2.05) is 55.7 Å². The average molecular weight is 750 g/mol. The van der Waals surface area contributed by atoms with Gasteiger partial charge in [-0.2, -0.15) is 13.2 Å². The number of alkyl halides is 3. The van der Waals surface area contributed by atoms with Crippen molar-refractivity contribution in [2.24, 2.45) is 11.1 Å². The lowest BCUT2D eigenvalue weighted by Crippen LogP contribution is -2.48. The largest absolute Gasteiger partial charge is 0.490 e. The number of benzene rings is 2. The van der Waals surface area contributed by atoms with Crippen LogP contribution in [0.3, 0.4) is 0 Å². The molecule has 5 N–H and O–H groups in total. The van der Waals surface area contributed by atoms with E-state index < -0.39 is 71.5 Å². The molecule has 53 heavy (non-hydrogen) atoms. The molecule has 0 radical (unpaired) electrons. The number of nitrogens with one attached hydrogen (secondary N) is 1. The van der Waals surface area contributed by atoms with Crippen molar-refractivity contribution in [3.05, 3.63) is 95.8 Å². The third kappa shape index (κ3) is 11.5. The summed E-state index contributed by atoms with van der Waals surface area (Å²) in [4.78, 5) is 61.0. The maximum Gasteiger partial charge on any atom is 0.490 e. The van der Waals surface area contributed by atoms with Crippen LogP contribution >= 0.6 is 0 Å². The number of rotatable bonds is 13. The van der Waals surface area contributed by atoms with E-state index in [0.29, 0.717) is 17.8 Å². The van der Waals surface area contributed by atoms with Gasteiger partial charge in [0.05, 0.1) is 12.1 Å². The highest BCUT2D eigenvalue weighted by molar-refractivity contribution is 6.12. The summed E-state index contributed by atoms with van der Waals surface area (Å²) in [7, 11) is 0. The molecule has 4 amide bonds. The maximum atomic E-state index is 14.9. The molecule has 1 aliphatic rings. The maximum absolute atomic E-state index is 14.9. The second-order valence-electron chi connectivity index (χ2n) is 13.1. The Balaban J connectivity index is 0.000000980. The molecule has 0 bridgehead atoms. The molecule has 0 aliphatic carbocycles. The number of carbonyl (C=O) groups is 5. The van der Waals surface area contributed by atoms with Gasteiger partial charge in [-0.15, -0.1) is 0 Å². The lowest BCUT2D eigenvalue weighted by atomic mass is 9.82. The number of halogens is 5. The molecule has 0 saturated heterocycles. The second-order valence-corrected chi connectivity index (χ2v) is 13.1. The standard InChI is InChI=1S/C34H39F2N5O5.C2HF3O2/c1-34(2,3)32(41(31(45)21-42)15-13-27(37)33(46)38-14-16-40-29(43)11-12-30(40)44)28-17-23(25-18-24(35)9-10-26(25)36)20-39(28)19-22-7-5-4-6-8-22;3-2(4,5)1(6)7/h4-12,17-18,20,27,32,42H,13-16,19,21,37H2,1-3H3,(H,38,46);(H,6,7). The zero-order valence-electron chi connectivity index (χ0n) is 29.1. The van der Waals surface area contributed by atoms with E-state index in [1.165, 1.54) is 4.90 Å². The minimum atomic E-state index is -5.08. The van der Waals surface area contributed by atoms with Crippen LogP contribution in [0.5, 0.6) is 0 Å². The van der Waals surface area contributed by atoms with E-state index in [-0.39, 0.29) is 31.6 Å². The molecule has 0 fully saturated rings. The number of aromatic nitrogens is 1. The first-order chi connectivity index (χ1) is 24.7. The van der Waals surface area contributed by atoms with Crippen LogP contribution in [0.1, 0.15) is 44.5 Å². The van der Waals surface area contributed by atoms with E-state index >= 15 is 0 Å². The highest BCUT2D eigenvalue weighted by Gasteiger charge is 2.39. The first-order valence-electron chi connectivity index (χ1n) is 16.2. The van der Waals surface area contributed by atoms with Gasteiger partial charge in [0, 0.05) is 61.3 Å². The summed E-state index contributed by atoms with van der Waals surface area (Å²) >= 11 is 0. The molecule has 2 heterocycles. The first-order valence-corrected chi connectivity index (χ1v) is 16.2. The number of aliphatic hydroxyl groups is 1. The van der Waals surface area contributed by atoms with Gasteiger partial charge in [-0.3, -0.25) is 24.1 Å². The Morgan fingerprint density at radius 1 is 0.962 bits per heavy atom. The lowest BCUT2D eigenvalue weighted by molar-refractivity contribution is -0.192. The van der Waals surface area contributed by atoms with Crippen molar-refractivity contribution in [1.29, 1.82) is 0 Å². The number of hydrogen-bond donors (Lipinski definition) is 4. The molecule has 17 heteroatoms. The van der Waals surface area contributed by atoms with Crippen molar-refractivity contribution in [3.63, 3.8) is 0 Å². The minimum absolute atomic E-state index is 0.00200. The van der Waals surface area contributed by atoms with Gasteiger partial charge < -0.3 is 30.7 Å². The topological polar surface area (TPSA) is 175 Å². The van der Waals surface area contributed by atoms with Crippen molar-refractivity contribution in [3.8, 4) is 11.1 Å². The number of carboxylic acids is 1. The lowest BCUT2D eigenvalue weighted by Gasteiger charge is -2.41. The number of imide groups is 1. The quantitative estimate of drug-likeness (QED) is 0.151. The second kappa shape index (κ2) is 17.9. The molecule has 3 aromatic rings. The smallest absolute Gasteiger partial charge is 0.475 e. The van der Waals surface area contributed by atoms with Crippen LogP contribution in [0.25, 0.3) is 11.1 Å². The predicted octanol–water partition coefficient (Wildman–Crippen LogP) is 3.78. The van der Waals surface area contributed by atoms with Gasteiger partial charge in [0.2, 0.25) is 11.8 Å². The summed E-state index contributed by atoms with van der Waals surface area (Å²) in [5, 5.41) is 19.7. The fourth-order valence-corrected chi connectivity index (χ4v) is 5.58. The number of aliphatic hydroxyl groups excluding tert-OH is 1. The molecule has 0 saturated carbocycles. The summed E-state index contributed by atoms with van der Waals surface area (Å²) in [6.45, 7) is 5.29.